The minimum Gasteiger partial charge on any atom is -0.497 e. The van der Waals surface area contributed by atoms with Gasteiger partial charge in [-0.15, -0.1) is 0 Å². The molecule has 8 heteroatoms. The number of rotatable bonds is 11. The zero-order valence-corrected chi connectivity index (χ0v) is 17.8. The molecule has 0 fully saturated rings. The first-order valence-corrected chi connectivity index (χ1v) is 11.0. The average Bonchev–Trinajstić information content (AvgIpc) is 2.72. The molecule has 0 aromatic heterocycles. The molecule has 0 aliphatic carbocycles. The fraction of sp³-hybridized carbons (Fsp3) is 0.381. The molecule has 158 valence electrons. The summed E-state index contributed by atoms with van der Waals surface area (Å²) in [5, 5.41) is 2.79. The van der Waals surface area contributed by atoms with Crippen LogP contribution >= 0.6 is 0 Å². The van der Waals surface area contributed by atoms with Crippen molar-refractivity contribution in [1.29, 1.82) is 0 Å². The van der Waals surface area contributed by atoms with Crippen molar-refractivity contribution in [2.45, 2.75) is 37.6 Å². The lowest BCUT2D eigenvalue weighted by Gasteiger charge is -2.12. The fourth-order valence-corrected chi connectivity index (χ4v) is 3.80. The van der Waals surface area contributed by atoms with Crippen molar-refractivity contribution in [2.75, 3.05) is 20.3 Å². The number of hydrogen-bond donors (Lipinski definition) is 2. The van der Waals surface area contributed by atoms with Gasteiger partial charge in [0.25, 0.3) is 5.91 Å². The van der Waals surface area contributed by atoms with Gasteiger partial charge in [0.05, 0.1) is 12.0 Å². The van der Waals surface area contributed by atoms with Crippen LogP contribution in [0.25, 0.3) is 0 Å². The van der Waals surface area contributed by atoms with Gasteiger partial charge in [-0.05, 0) is 61.7 Å². The van der Waals surface area contributed by atoms with Gasteiger partial charge in [-0.25, -0.2) is 13.1 Å². The van der Waals surface area contributed by atoms with Crippen molar-refractivity contribution in [3.05, 3.63) is 54.1 Å². The Morgan fingerprint density at radius 2 is 1.66 bits per heavy atom. The number of carbonyl (C=O) groups is 1. The van der Waals surface area contributed by atoms with E-state index in [1.165, 1.54) is 24.3 Å². The minimum absolute atomic E-state index is 0.139. The van der Waals surface area contributed by atoms with Crippen LogP contribution < -0.4 is 19.5 Å². The average molecular weight is 421 g/mol. The second-order valence-electron chi connectivity index (χ2n) is 6.64. The molecule has 1 amide bonds. The van der Waals surface area contributed by atoms with Crippen LogP contribution in [-0.2, 0) is 21.2 Å². The number of sulfonamides is 1. The van der Waals surface area contributed by atoms with E-state index in [0.29, 0.717) is 25.1 Å². The second-order valence-corrected chi connectivity index (χ2v) is 8.35. The van der Waals surface area contributed by atoms with Crippen molar-refractivity contribution in [3.8, 4) is 11.5 Å². The number of ether oxygens (including phenoxy) is 2. The van der Waals surface area contributed by atoms with Crippen LogP contribution in [0.4, 0.5) is 0 Å². The largest absolute Gasteiger partial charge is 0.497 e. The molecule has 0 saturated heterocycles. The van der Waals surface area contributed by atoms with Crippen molar-refractivity contribution < 1.29 is 22.7 Å². The molecule has 0 saturated carbocycles. The number of methoxy groups -OCH3 is 1. The van der Waals surface area contributed by atoms with Crippen LogP contribution in [-0.4, -0.2) is 40.6 Å². The van der Waals surface area contributed by atoms with E-state index < -0.39 is 10.0 Å². The maximum atomic E-state index is 12.2. The highest BCUT2D eigenvalue weighted by molar-refractivity contribution is 7.89. The Kier molecular flexibility index (Phi) is 8.48. The second kappa shape index (κ2) is 10.8. The number of nitrogens with one attached hydrogen (secondary N) is 2. The third-order valence-electron chi connectivity index (χ3n) is 4.37. The zero-order chi connectivity index (χ0) is 21.3. The molecule has 1 atom stereocenters. The Morgan fingerprint density at radius 1 is 1.03 bits per heavy atom. The van der Waals surface area contributed by atoms with Gasteiger partial charge in [-0.2, -0.15) is 0 Å². The Bertz CT molecular complexity index is 880. The first-order valence-electron chi connectivity index (χ1n) is 9.49. The molecular weight excluding hydrogens is 392 g/mol. The summed E-state index contributed by atoms with van der Waals surface area (Å²) in [5.41, 5.74) is 1.09. The predicted molar refractivity (Wildman–Crippen MR) is 112 cm³/mol. The quantitative estimate of drug-likeness (QED) is 0.583. The highest BCUT2D eigenvalue weighted by Gasteiger charge is 2.16. The highest BCUT2D eigenvalue weighted by Crippen LogP contribution is 2.16. The molecule has 0 unspecified atom stereocenters. The third-order valence-corrected chi connectivity index (χ3v) is 5.97. The fourth-order valence-electron chi connectivity index (χ4n) is 2.47. The molecular formula is C21H28N2O5S. The van der Waals surface area contributed by atoms with Gasteiger partial charge in [-0.1, -0.05) is 19.1 Å². The third kappa shape index (κ3) is 7.40. The minimum atomic E-state index is -3.56. The van der Waals surface area contributed by atoms with Gasteiger partial charge in [0, 0.05) is 12.6 Å². The molecule has 7 nitrogen and oxygen atoms in total. The maximum Gasteiger partial charge on any atom is 0.257 e. The van der Waals surface area contributed by atoms with Crippen LogP contribution in [0.5, 0.6) is 11.5 Å². The lowest BCUT2D eigenvalue weighted by atomic mass is 10.1. The van der Waals surface area contributed by atoms with E-state index in [1.807, 2.05) is 38.1 Å². The normalized spacial score (nSPS) is 12.2. The summed E-state index contributed by atoms with van der Waals surface area (Å²) in [6, 6.07) is 13.5. The topological polar surface area (TPSA) is 93.7 Å². The van der Waals surface area contributed by atoms with Crippen LogP contribution in [0.3, 0.4) is 0 Å². The van der Waals surface area contributed by atoms with Crippen LogP contribution in [0.15, 0.2) is 53.4 Å². The summed E-state index contributed by atoms with van der Waals surface area (Å²) in [6.45, 7) is 4.07. The Balaban J connectivity index is 1.76. The van der Waals surface area contributed by atoms with Crippen molar-refractivity contribution in [3.63, 3.8) is 0 Å². The van der Waals surface area contributed by atoms with Gasteiger partial charge < -0.3 is 14.8 Å². The first-order chi connectivity index (χ1) is 13.8. The standard InChI is InChI=1S/C21H28N2O5S/c1-4-16(2)23-29(25,26)20-11-9-19(10-12-20)28-15-21(24)22-14-13-17-5-7-18(27-3)8-6-17/h5-12,16,23H,4,13-15H2,1-3H3,(H,22,24)/t16-/m1/s1. The van der Waals surface area contributed by atoms with E-state index in [2.05, 4.69) is 10.0 Å². The molecule has 0 aliphatic rings. The summed E-state index contributed by atoms with van der Waals surface area (Å²) >= 11 is 0. The molecule has 0 radical (unpaired) electrons. The Labute approximate surface area is 172 Å². The molecule has 2 rings (SSSR count). The van der Waals surface area contributed by atoms with Crippen molar-refractivity contribution >= 4 is 15.9 Å². The van der Waals surface area contributed by atoms with E-state index in [0.717, 1.165) is 11.3 Å². The van der Waals surface area contributed by atoms with E-state index in [4.69, 9.17) is 9.47 Å². The molecule has 0 bridgehead atoms. The van der Waals surface area contributed by atoms with E-state index in [-0.39, 0.29) is 23.5 Å². The van der Waals surface area contributed by atoms with Crippen LogP contribution in [0.2, 0.25) is 0 Å². The Morgan fingerprint density at radius 3 is 2.24 bits per heavy atom. The number of benzene rings is 2. The summed E-state index contributed by atoms with van der Waals surface area (Å²) < 4.78 is 37.6. The smallest absolute Gasteiger partial charge is 0.257 e. The number of carbonyl (C=O) groups excluding carboxylic acids is 1. The summed E-state index contributed by atoms with van der Waals surface area (Å²) in [5.74, 6) is 0.979. The van der Waals surface area contributed by atoms with E-state index in [1.54, 1.807) is 7.11 Å². The lowest BCUT2D eigenvalue weighted by Crippen LogP contribution is -2.32. The van der Waals surface area contributed by atoms with E-state index >= 15 is 0 Å². The predicted octanol–water partition coefficient (Wildman–Crippen LogP) is 2.51. The molecule has 2 N–H and O–H groups in total. The molecule has 2 aromatic carbocycles. The maximum absolute atomic E-state index is 12.2. The summed E-state index contributed by atoms with van der Waals surface area (Å²) in [7, 11) is -1.94. The Hall–Kier alpha value is -2.58. The molecule has 29 heavy (non-hydrogen) atoms. The van der Waals surface area contributed by atoms with Gasteiger partial charge in [0.2, 0.25) is 10.0 Å². The van der Waals surface area contributed by atoms with Gasteiger partial charge >= 0.3 is 0 Å². The zero-order valence-electron chi connectivity index (χ0n) is 17.0. The first kappa shape index (κ1) is 22.7. The van der Waals surface area contributed by atoms with Gasteiger partial charge in [0.1, 0.15) is 11.5 Å². The monoisotopic (exact) mass is 420 g/mol. The highest BCUT2D eigenvalue weighted by atomic mass is 32.2. The molecule has 2 aromatic rings. The summed E-state index contributed by atoms with van der Waals surface area (Å²) in [6.07, 6.45) is 1.40. The number of hydrogen-bond acceptors (Lipinski definition) is 5. The van der Waals surface area contributed by atoms with Gasteiger partial charge in [0.15, 0.2) is 6.61 Å². The number of amides is 1. The van der Waals surface area contributed by atoms with Crippen molar-refractivity contribution in [1.82, 2.24) is 10.0 Å². The molecule has 0 heterocycles. The van der Waals surface area contributed by atoms with Crippen molar-refractivity contribution in [2.24, 2.45) is 0 Å². The summed E-state index contributed by atoms with van der Waals surface area (Å²) in [4.78, 5) is 12.1. The van der Waals surface area contributed by atoms with E-state index in [9.17, 15) is 13.2 Å². The van der Waals surface area contributed by atoms with Crippen LogP contribution in [0, 0.1) is 0 Å². The van der Waals surface area contributed by atoms with Gasteiger partial charge in [-0.3, -0.25) is 4.79 Å². The lowest BCUT2D eigenvalue weighted by molar-refractivity contribution is -0.123. The van der Waals surface area contributed by atoms with Crippen LogP contribution in [0.1, 0.15) is 25.8 Å². The molecule has 0 spiro atoms. The SMILES string of the molecule is CC[C@@H](C)NS(=O)(=O)c1ccc(OCC(=O)NCCc2ccc(OC)cc2)cc1. The molecule has 0 aliphatic heterocycles.